The van der Waals surface area contributed by atoms with Gasteiger partial charge in [0.2, 0.25) is 0 Å². The zero-order valence-electron chi connectivity index (χ0n) is 13.1. The summed E-state index contributed by atoms with van der Waals surface area (Å²) in [6, 6.07) is 10.5. The Labute approximate surface area is 148 Å². The van der Waals surface area contributed by atoms with Crippen molar-refractivity contribution >= 4 is 29.2 Å². The van der Waals surface area contributed by atoms with E-state index in [4.69, 9.17) is 21.1 Å². The van der Waals surface area contributed by atoms with Crippen LogP contribution in [0.5, 0.6) is 5.75 Å². The van der Waals surface area contributed by atoms with Gasteiger partial charge in [-0.2, -0.15) is 0 Å². The lowest BCUT2D eigenvalue weighted by Gasteiger charge is -2.24. The van der Waals surface area contributed by atoms with E-state index in [1.165, 1.54) is 24.3 Å². The minimum Gasteiger partial charge on any atom is -0.492 e. The number of nitrogens with one attached hydrogen (secondary N) is 1. The van der Waals surface area contributed by atoms with Crippen LogP contribution in [0.4, 0.5) is 10.1 Å². The number of hydrogen-bond donors (Lipinski definition) is 1. The first kappa shape index (κ1) is 17.2. The molecule has 130 valence electrons. The van der Waals surface area contributed by atoms with Gasteiger partial charge >= 0.3 is 5.97 Å². The van der Waals surface area contributed by atoms with Crippen LogP contribution in [-0.2, 0) is 20.7 Å². The van der Waals surface area contributed by atoms with Gasteiger partial charge in [0.15, 0.2) is 6.61 Å². The molecule has 0 aromatic heterocycles. The lowest BCUT2D eigenvalue weighted by molar-refractivity contribution is -0.152. The zero-order valence-corrected chi connectivity index (χ0v) is 13.9. The van der Waals surface area contributed by atoms with Crippen molar-refractivity contribution in [2.75, 3.05) is 18.5 Å². The van der Waals surface area contributed by atoms with Crippen LogP contribution in [0, 0.1) is 11.7 Å². The molecule has 2 aromatic rings. The molecule has 1 amide bonds. The third-order valence-corrected chi connectivity index (χ3v) is 3.97. The number of carbonyl (C=O) groups is 2. The van der Waals surface area contributed by atoms with Crippen LogP contribution < -0.4 is 10.1 Å². The average Bonchev–Trinajstić information content (AvgIpc) is 2.61. The summed E-state index contributed by atoms with van der Waals surface area (Å²) in [6.07, 6.45) is 0.439. The van der Waals surface area contributed by atoms with E-state index in [-0.39, 0.29) is 6.61 Å². The summed E-state index contributed by atoms with van der Waals surface area (Å²) in [5.74, 6) is -1.21. The molecule has 1 heterocycles. The van der Waals surface area contributed by atoms with Gasteiger partial charge in [0, 0.05) is 10.7 Å². The molecule has 2 aromatic carbocycles. The van der Waals surface area contributed by atoms with Crippen molar-refractivity contribution < 1.29 is 23.5 Å². The van der Waals surface area contributed by atoms with Crippen molar-refractivity contribution in [3.8, 4) is 5.75 Å². The molecule has 0 radical (unpaired) electrons. The smallest absolute Gasteiger partial charge is 0.313 e. The topological polar surface area (TPSA) is 64.6 Å². The van der Waals surface area contributed by atoms with Gasteiger partial charge in [0.25, 0.3) is 5.91 Å². The molecule has 0 saturated carbocycles. The van der Waals surface area contributed by atoms with Crippen LogP contribution in [-0.4, -0.2) is 25.1 Å². The Balaban J connectivity index is 1.51. The van der Waals surface area contributed by atoms with Crippen molar-refractivity contribution in [1.82, 2.24) is 0 Å². The Kier molecular flexibility index (Phi) is 5.19. The van der Waals surface area contributed by atoms with Gasteiger partial charge in [-0.3, -0.25) is 9.59 Å². The maximum atomic E-state index is 12.8. The van der Waals surface area contributed by atoms with E-state index < -0.39 is 30.2 Å². The predicted octanol–water partition coefficient (Wildman–Crippen LogP) is 3.21. The number of rotatable bonds is 4. The fourth-order valence-electron chi connectivity index (χ4n) is 2.50. The van der Waals surface area contributed by atoms with Crippen molar-refractivity contribution in [3.63, 3.8) is 0 Å². The van der Waals surface area contributed by atoms with Gasteiger partial charge in [0.05, 0.1) is 5.92 Å². The Morgan fingerprint density at radius 2 is 2.00 bits per heavy atom. The molecule has 0 aliphatic carbocycles. The summed E-state index contributed by atoms with van der Waals surface area (Å²) in [6.45, 7) is -0.234. The van der Waals surface area contributed by atoms with E-state index in [0.717, 1.165) is 5.56 Å². The molecule has 0 saturated heterocycles. The molecule has 3 rings (SSSR count). The molecule has 5 nitrogen and oxygen atoms in total. The van der Waals surface area contributed by atoms with Crippen LogP contribution in [0.25, 0.3) is 0 Å². The van der Waals surface area contributed by atoms with Gasteiger partial charge in [-0.25, -0.2) is 4.39 Å². The Bertz CT molecular complexity index is 794. The number of benzene rings is 2. The number of halogens is 2. The third kappa shape index (κ3) is 4.48. The monoisotopic (exact) mass is 363 g/mol. The average molecular weight is 364 g/mol. The summed E-state index contributed by atoms with van der Waals surface area (Å²) in [4.78, 5) is 23.9. The number of hydrogen-bond acceptors (Lipinski definition) is 4. The first-order valence-corrected chi connectivity index (χ1v) is 8.02. The molecule has 0 unspecified atom stereocenters. The van der Waals surface area contributed by atoms with Gasteiger partial charge in [0.1, 0.15) is 18.2 Å². The van der Waals surface area contributed by atoms with Gasteiger partial charge < -0.3 is 14.8 Å². The number of anilines is 1. The fraction of sp³-hybridized carbons (Fsp3) is 0.222. The van der Waals surface area contributed by atoms with Crippen LogP contribution in [0.15, 0.2) is 42.5 Å². The molecule has 1 aliphatic heterocycles. The number of amides is 1. The largest absolute Gasteiger partial charge is 0.492 e. The summed E-state index contributed by atoms with van der Waals surface area (Å²) in [7, 11) is 0. The van der Waals surface area contributed by atoms with Crippen LogP contribution >= 0.6 is 11.6 Å². The van der Waals surface area contributed by atoms with E-state index in [0.29, 0.717) is 22.9 Å². The van der Waals surface area contributed by atoms with Crippen molar-refractivity contribution in [2.24, 2.45) is 5.92 Å². The van der Waals surface area contributed by atoms with Crippen LogP contribution in [0.2, 0.25) is 5.02 Å². The molecule has 7 heteroatoms. The molecule has 0 spiro atoms. The molecule has 25 heavy (non-hydrogen) atoms. The lowest BCUT2D eigenvalue weighted by Crippen LogP contribution is -2.31. The molecule has 0 bridgehead atoms. The highest BCUT2D eigenvalue weighted by Crippen LogP contribution is 2.30. The summed E-state index contributed by atoms with van der Waals surface area (Å²) < 4.78 is 23.4. The second-order valence-corrected chi connectivity index (χ2v) is 6.06. The van der Waals surface area contributed by atoms with Gasteiger partial charge in [-0.15, -0.1) is 0 Å². The van der Waals surface area contributed by atoms with E-state index in [1.807, 2.05) is 0 Å². The lowest BCUT2D eigenvalue weighted by atomic mass is 9.97. The van der Waals surface area contributed by atoms with E-state index >= 15 is 0 Å². The standard InChI is InChI=1S/C18H15ClFNO4/c19-13-1-6-16-11(8-13)7-12(9-24-16)18(23)25-10-17(22)21-15-4-2-14(20)3-5-15/h1-6,8,12H,7,9-10H2,(H,21,22)/t12-/m0/s1. The Hall–Kier alpha value is -2.60. The summed E-state index contributed by atoms with van der Waals surface area (Å²) in [5.41, 5.74) is 1.25. The van der Waals surface area contributed by atoms with Crippen molar-refractivity contribution in [2.45, 2.75) is 6.42 Å². The summed E-state index contributed by atoms with van der Waals surface area (Å²) in [5, 5.41) is 3.08. The number of ether oxygens (including phenoxy) is 2. The molecule has 1 atom stereocenters. The number of carbonyl (C=O) groups excluding carboxylic acids is 2. The summed E-state index contributed by atoms with van der Waals surface area (Å²) >= 11 is 5.95. The number of esters is 1. The van der Waals surface area contributed by atoms with Gasteiger partial charge in [-0.1, -0.05) is 11.6 Å². The fourth-order valence-corrected chi connectivity index (χ4v) is 2.69. The molecular formula is C18H15ClFNO4. The predicted molar refractivity (Wildman–Crippen MR) is 90.1 cm³/mol. The van der Waals surface area contributed by atoms with Gasteiger partial charge in [-0.05, 0) is 54.4 Å². The van der Waals surface area contributed by atoms with Crippen LogP contribution in [0.3, 0.4) is 0 Å². The highest BCUT2D eigenvalue weighted by molar-refractivity contribution is 6.30. The number of fused-ring (bicyclic) bond motifs is 1. The molecule has 1 aliphatic rings. The zero-order chi connectivity index (χ0) is 17.8. The van der Waals surface area contributed by atoms with E-state index in [1.54, 1.807) is 18.2 Å². The second kappa shape index (κ2) is 7.53. The molecule has 0 fully saturated rings. The second-order valence-electron chi connectivity index (χ2n) is 5.63. The Morgan fingerprint density at radius 3 is 2.76 bits per heavy atom. The quantitative estimate of drug-likeness (QED) is 0.847. The highest BCUT2D eigenvalue weighted by atomic mass is 35.5. The maximum Gasteiger partial charge on any atom is 0.313 e. The third-order valence-electron chi connectivity index (χ3n) is 3.74. The normalized spacial score (nSPS) is 15.7. The van der Waals surface area contributed by atoms with E-state index in [9.17, 15) is 14.0 Å². The Morgan fingerprint density at radius 1 is 1.24 bits per heavy atom. The minimum atomic E-state index is -0.514. The first-order chi connectivity index (χ1) is 12.0. The highest BCUT2D eigenvalue weighted by Gasteiger charge is 2.27. The van der Waals surface area contributed by atoms with Crippen LogP contribution in [0.1, 0.15) is 5.56 Å². The van der Waals surface area contributed by atoms with Crippen molar-refractivity contribution in [3.05, 3.63) is 58.9 Å². The first-order valence-electron chi connectivity index (χ1n) is 7.64. The molecule has 1 N–H and O–H groups in total. The molecular weight excluding hydrogens is 349 g/mol. The minimum absolute atomic E-state index is 0.188. The van der Waals surface area contributed by atoms with Crippen molar-refractivity contribution in [1.29, 1.82) is 0 Å². The van der Waals surface area contributed by atoms with E-state index in [2.05, 4.69) is 5.32 Å². The SMILES string of the molecule is O=C(COC(=O)[C@@H]1COc2ccc(Cl)cc2C1)Nc1ccc(F)cc1. The maximum absolute atomic E-state index is 12.8.